The number of anilines is 1. The van der Waals surface area contributed by atoms with E-state index in [0.29, 0.717) is 30.1 Å². The first-order chi connectivity index (χ1) is 16.1. The number of aromatic nitrogens is 2. The number of amides is 3. The molecule has 0 atom stereocenters. The Hall–Kier alpha value is -4.12. The number of thioether (sulfide) groups is 1. The van der Waals surface area contributed by atoms with Crippen molar-refractivity contribution in [3.8, 4) is 5.88 Å². The number of hydrogen-bond acceptors (Lipinski definition) is 9. The van der Waals surface area contributed by atoms with Crippen molar-refractivity contribution in [3.63, 3.8) is 0 Å². The number of benzene rings is 1. The van der Waals surface area contributed by atoms with Gasteiger partial charge < -0.3 is 19.8 Å². The highest BCUT2D eigenvalue weighted by atomic mass is 32.2. The molecule has 3 amide bonds. The van der Waals surface area contributed by atoms with E-state index < -0.39 is 11.1 Å². The van der Waals surface area contributed by atoms with Gasteiger partial charge in [0.1, 0.15) is 12.4 Å². The second-order valence-corrected chi connectivity index (χ2v) is 7.74. The fourth-order valence-corrected chi connectivity index (χ4v) is 3.47. The minimum Gasteiger partial charge on any atom is -0.469 e. The molecule has 1 saturated heterocycles. The Kier molecular flexibility index (Phi) is 7.00. The summed E-state index contributed by atoms with van der Waals surface area (Å²) in [5, 5.41) is 7.59. The minimum atomic E-state index is -0.486. The predicted octanol–water partition coefficient (Wildman–Crippen LogP) is 2.81. The van der Waals surface area contributed by atoms with Crippen LogP contribution in [-0.2, 0) is 11.4 Å². The summed E-state index contributed by atoms with van der Waals surface area (Å²) in [6.45, 7) is 0.835. The van der Waals surface area contributed by atoms with E-state index >= 15 is 0 Å². The summed E-state index contributed by atoms with van der Waals surface area (Å²) in [7, 11) is 0. The van der Waals surface area contributed by atoms with Gasteiger partial charge in [-0.2, -0.15) is 4.98 Å². The number of furan rings is 1. The van der Waals surface area contributed by atoms with Crippen LogP contribution in [0.25, 0.3) is 6.08 Å². The summed E-state index contributed by atoms with van der Waals surface area (Å²) in [5.74, 6) is 0.428. The van der Waals surface area contributed by atoms with Crippen molar-refractivity contribution < 1.29 is 23.5 Å². The second-order valence-electron chi connectivity index (χ2n) is 6.72. The lowest BCUT2D eigenvalue weighted by Gasteiger charge is -2.10. The zero-order valence-electron chi connectivity index (χ0n) is 17.2. The summed E-state index contributed by atoms with van der Waals surface area (Å²) >= 11 is 0.792. The van der Waals surface area contributed by atoms with Crippen LogP contribution in [0.15, 0.2) is 64.1 Å². The quantitative estimate of drug-likeness (QED) is 0.322. The Labute approximate surface area is 192 Å². The van der Waals surface area contributed by atoms with Crippen LogP contribution in [0.1, 0.15) is 21.8 Å². The van der Waals surface area contributed by atoms with E-state index in [2.05, 4.69) is 25.9 Å². The lowest BCUT2D eigenvalue weighted by Crippen LogP contribution is -2.29. The Balaban J connectivity index is 1.43. The van der Waals surface area contributed by atoms with Gasteiger partial charge in [0, 0.05) is 24.7 Å². The third-order valence-corrected chi connectivity index (χ3v) is 5.13. The van der Waals surface area contributed by atoms with Crippen molar-refractivity contribution in [2.75, 3.05) is 18.4 Å². The van der Waals surface area contributed by atoms with Gasteiger partial charge in [0.25, 0.3) is 17.1 Å². The fraction of sp³-hybridized carbons (Fsp3) is 0.136. The summed E-state index contributed by atoms with van der Waals surface area (Å²) in [4.78, 5) is 44.3. The van der Waals surface area contributed by atoms with Crippen LogP contribution in [0.3, 0.4) is 0 Å². The molecule has 1 aliphatic rings. The van der Waals surface area contributed by atoms with E-state index in [0.717, 1.165) is 11.8 Å². The number of carbonyl (C=O) groups is 3. The molecule has 3 heterocycles. The Morgan fingerprint density at radius 2 is 1.97 bits per heavy atom. The van der Waals surface area contributed by atoms with Crippen LogP contribution in [0.2, 0.25) is 0 Å². The van der Waals surface area contributed by atoms with Gasteiger partial charge in [0.15, 0.2) is 0 Å². The van der Waals surface area contributed by atoms with Gasteiger partial charge in [0.05, 0.1) is 16.9 Å². The molecule has 0 radical (unpaired) electrons. The smallest absolute Gasteiger partial charge is 0.290 e. The van der Waals surface area contributed by atoms with Crippen LogP contribution in [0.4, 0.5) is 10.7 Å². The highest BCUT2D eigenvalue weighted by Crippen LogP contribution is 2.26. The lowest BCUT2D eigenvalue weighted by molar-refractivity contribution is -0.115. The zero-order valence-corrected chi connectivity index (χ0v) is 18.1. The molecule has 1 aromatic carbocycles. The van der Waals surface area contributed by atoms with Crippen molar-refractivity contribution in [3.05, 3.63) is 76.7 Å². The van der Waals surface area contributed by atoms with E-state index in [1.165, 1.54) is 12.3 Å². The molecule has 10 nitrogen and oxygen atoms in total. The van der Waals surface area contributed by atoms with E-state index in [9.17, 15) is 14.4 Å². The van der Waals surface area contributed by atoms with Gasteiger partial charge in [-0.15, -0.1) is 0 Å². The first-order valence-corrected chi connectivity index (χ1v) is 10.7. The maximum atomic E-state index is 12.1. The summed E-state index contributed by atoms with van der Waals surface area (Å²) < 4.78 is 10.9. The molecule has 33 heavy (non-hydrogen) atoms. The summed E-state index contributed by atoms with van der Waals surface area (Å²) in [6.07, 6.45) is 3.02. The maximum absolute atomic E-state index is 12.1. The molecule has 11 heteroatoms. The second kappa shape index (κ2) is 10.5. The molecule has 0 bridgehead atoms. The topological polar surface area (TPSA) is 135 Å². The van der Waals surface area contributed by atoms with Crippen molar-refractivity contribution in [2.45, 2.75) is 6.61 Å². The molecule has 168 valence electrons. The van der Waals surface area contributed by atoms with E-state index in [4.69, 9.17) is 9.15 Å². The molecule has 3 N–H and O–H groups in total. The summed E-state index contributed by atoms with van der Waals surface area (Å²) in [5.41, 5.74) is 0.945. The van der Waals surface area contributed by atoms with Gasteiger partial charge in [-0.3, -0.25) is 19.7 Å². The van der Waals surface area contributed by atoms with Crippen molar-refractivity contribution in [1.82, 2.24) is 20.6 Å². The third kappa shape index (κ3) is 6.20. The van der Waals surface area contributed by atoms with Gasteiger partial charge >= 0.3 is 0 Å². The zero-order chi connectivity index (χ0) is 23.0. The van der Waals surface area contributed by atoms with Crippen LogP contribution >= 0.6 is 11.8 Å². The molecule has 3 aromatic rings. The highest BCUT2D eigenvalue weighted by Gasteiger charge is 2.25. The molecule has 1 aliphatic heterocycles. The molecule has 2 aromatic heterocycles. The average Bonchev–Trinajstić information content (AvgIpc) is 3.45. The largest absolute Gasteiger partial charge is 0.469 e. The number of imide groups is 1. The van der Waals surface area contributed by atoms with Gasteiger partial charge in [-0.05, 0) is 42.1 Å². The number of ether oxygens (including phenoxy) is 1. The number of carbonyl (C=O) groups excluding carboxylic acids is 3. The molecule has 0 aliphatic carbocycles. The minimum absolute atomic E-state index is 0.153. The standard InChI is InChI=1S/C22H19N5O5S/c28-19(14-5-2-1-3-6-14)23-8-9-24-21-25-15(11-17-20(29)27-22(30)33-17)12-18(26-21)32-13-16-7-4-10-31-16/h1-7,10-12H,8-9,13H2,(H,23,28)(H,24,25,26)(H,27,29,30)/b17-11+. The molecule has 1 fully saturated rings. The Bertz CT molecular complexity index is 1180. The normalized spacial score (nSPS) is 14.2. The van der Waals surface area contributed by atoms with Crippen molar-refractivity contribution >= 4 is 40.8 Å². The number of nitrogens with one attached hydrogen (secondary N) is 3. The van der Waals surface area contributed by atoms with E-state index in [1.54, 1.807) is 42.5 Å². The van der Waals surface area contributed by atoms with Crippen LogP contribution in [-0.4, -0.2) is 40.1 Å². The molecular formula is C22H19N5O5S. The monoisotopic (exact) mass is 465 g/mol. The van der Waals surface area contributed by atoms with Crippen LogP contribution < -0.4 is 20.7 Å². The maximum Gasteiger partial charge on any atom is 0.290 e. The highest BCUT2D eigenvalue weighted by molar-refractivity contribution is 8.18. The number of hydrogen-bond donors (Lipinski definition) is 3. The first kappa shape index (κ1) is 22.1. The lowest BCUT2D eigenvalue weighted by atomic mass is 10.2. The van der Waals surface area contributed by atoms with E-state index in [-0.39, 0.29) is 29.2 Å². The predicted molar refractivity (Wildman–Crippen MR) is 121 cm³/mol. The molecule has 0 saturated carbocycles. The van der Waals surface area contributed by atoms with Crippen molar-refractivity contribution in [1.29, 1.82) is 0 Å². The number of nitrogens with zero attached hydrogens (tertiary/aromatic N) is 2. The van der Waals surface area contributed by atoms with E-state index in [1.807, 2.05) is 6.07 Å². The molecule has 0 spiro atoms. The van der Waals surface area contributed by atoms with Gasteiger partial charge in [-0.1, -0.05) is 18.2 Å². The average molecular weight is 465 g/mol. The van der Waals surface area contributed by atoms with Crippen LogP contribution in [0, 0.1) is 0 Å². The number of rotatable bonds is 9. The molecule has 4 rings (SSSR count). The van der Waals surface area contributed by atoms with Crippen molar-refractivity contribution in [2.24, 2.45) is 0 Å². The summed E-state index contributed by atoms with van der Waals surface area (Å²) in [6, 6.07) is 14.0. The third-order valence-electron chi connectivity index (χ3n) is 4.32. The SMILES string of the molecule is O=C1NC(=O)/C(=C\c2cc(OCc3ccco3)nc(NCCNC(=O)c3ccccc3)n2)S1. The first-order valence-electron chi connectivity index (χ1n) is 9.93. The van der Waals surface area contributed by atoms with Gasteiger partial charge in [0.2, 0.25) is 11.8 Å². The molecular weight excluding hydrogens is 446 g/mol. The van der Waals surface area contributed by atoms with Gasteiger partial charge in [-0.25, -0.2) is 4.98 Å². The molecule has 0 unspecified atom stereocenters. The Morgan fingerprint density at radius 3 is 2.70 bits per heavy atom. The van der Waals surface area contributed by atoms with Crippen LogP contribution in [0.5, 0.6) is 5.88 Å². The fourth-order valence-electron chi connectivity index (χ4n) is 2.81. The Morgan fingerprint density at radius 1 is 1.12 bits per heavy atom.